The fourth-order valence-corrected chi connectivity index (χ4v) is 2.29. The molecule has 102 valence electrons. The van der Waals surface area contributed by atoms with Crippen molar-refractivity contribution < 1.29 is 4.79 Å². The summed E-state index contributed by atoms with van der Waals surface area (Å²) in [6, 6.07) is 8.02. The molecule has 1 N–H and O–H groups in total. The Hall–Kier alpha value is -1.32. The van der Waals surface area contributed by atoms with E-state index in [0.717, 1.165) is 18.7 Å². The third-order valence-electron chi connectivity index (χ3n) is 3.34. The predicted octanol–water partition coefficient (Wildman–Crippen LogP) is 2.56. The van der Waals surface area contributed by atoms with Crippen LogP contribution in [0.1, 0.15) is 19.4 Å². The number of benzene rings is 1. The topological polar surface area (TPSA) is 32.3 Å². The molecule has 1 aliphatic rings. The highest BCUT2D eigenvalue weighted by Gasteiger charge is 2.24. The molecule has 19 heavy (non-hydrogen) atoms. The molecule has 3 nitrogen and oxygen atoms in total. The molecule has 1 fully saturated rings. The van der Waals surface area contributed by atoms with Gasteiger partial charge < -0.3 is 10.2 Å². The van der Waals surface area contributed by atoms with E-state index in [4.69, 9.17) is 11.6 Å². The quantitative estimate of drug-likeness (QED) is 0.844. The summed E-state index contributed by atoms with van der Waals surface area (Å²) < 4.78 is 0. The van der Waals surface area contributed by atoms with Crippen LogP contribution in [-0.4, -0.2) is 36.0 Å². The molecule has 0 radical (unpaired) electrons. The van der Waals surface area contributed by atoms with Crippen molar-refractivity contribution in [3.63, 3.8) is 0 Å². The van der Waals surface area contributed by atoms with Gasteiger partial charge in [0.2, 0.25) is 5.91 Å². The van der Waals surface area contributed by atoms with Crippen LogP contribution in [0.5, 0.6) is 0 Å². The van der Waals surface area contributed by atoms with E-state index in [-0.39, 0.29) is 11.9 Å². The van der Waals surface area contributed by atoms with Crippen LogP contribution >= 0.6 is 11.6 Å². The molecule has 4 heteroatoms. The fourth-order valence-electron chi connectivity index (χ4n) is 2.17. The zero-order valence-electron chi connectivity index (χ0n) is 11.3. The second-order valence-electron chi connectivity index (χ2n) is 5.03. The van der Waals surface area contributed by atoms with Crippen molar-refractivity contribution in [1.29, 1.82) is 0 Å². The summed E-state index contributed by atoms with van der Waals surface area (Å²) in [6.07, 6.45) is 3.47. The number of amides is 1. The van der Waals surface area contributed by atoms with Crippen molar-refractivity contribution >= 4 is 23.6 Å². The average molecular weight is 279 g/mol. The van der Waals surface area contributed by atoms with Crippen LogP contribution < -0.4 is 5.32 Å². The number of piperazine rings is 1. The van der Waals surface area contributed by atoms with Gasteiger partial charge in [-0.2, -0.15) is 0 Å². The molecule has 1 aliphatic heterocycles. The Morgan fingerprint density at radius 1 is 1.37 bits per heavy atom. The van der Waals surface area contributed by atoms with E-state index in [0.29, 0.717) is 11.1 Å². The van der Waals surface area contributed by atoms with E-state index < -0.39 is 0 Å². The molecule has 0 spiro atoms. The standard InChI is InChI=1S/C15H19ClN2O/c1-11-10-18(12(2)9-17-11)15(19)8-5-13-3-6-14(16)7-4-13/h3-8,11-12,17H,9-10H2,1-2H3. The highest BCUT2D eigenvalue weighted by atomic mass is 35.5. The lowest BCUT2D eigenvalue weighted by atomic mass is 10.1. The Balaban J connectivity index is 2.01. The molecule has 0 bridgehead atoms. The lowest BCUT2D eigenvalue weighted by Crippen LogP contribution is -2.55. The van der Waals surface area contributed by atoms with E-state index in [9.17, 15) is 4.79 Å². The first-order valence-electron chi connectivity index (χ1n) is 6.54. The van der Waals surface area contributed by atoms with Gasteiger partial charge >= 0.3 is 0 Å². The summed E-state index contributed by atoms with van der Waals surface area (Å²) >= 11 is 5.83. The minimum atomic E-state index is 0.0656. The molecule has 0 aliphatic carbocycles. The average Bonchev–Trinajstić information content (AvgIpc) is 2.40. The third kappa shape index (κ3) is 3.82. The Bertz CT molecular complexity index is 470. The maximum Gasteiger partial charge on any atom is 0.246 e. The van der Waals surface area contributed by atoms with Crippen LogP contribution in [-0.2, 0) is 4.79 Å². The second-order valence-corrected chi connectivity index (χ2v) is 5.47. The van der Waals surface area contributed by atoms with Crippen molar-refractivity contribution in [1.82, 2.24) is 10.2 Å². The van der Waals surface area contributed by atoms with Gasteiger partial charge in [0, 0.05) is 36.3 Å². The maximum absolute atomic E-state index is 12.2. The summed E-state index contributed by atoms with van der Waals surface area (Å²) in [6.45, 7) is 5.76. The van der Waals surface area contributed by atoms with Gasteiger partial charge in [-0.1, -0.05) is 23.7 Å². The minimum absolute atomic E-state index is 0.0656. The maximum atomic E-state index is 12.2. The van der Waals surface area contributed by atoms with Crippen molar-refractivity contribution in [2.75, 3.05) is 13.1 Å². The van der Waals surface area contributed by atoms with Crippen LogP contribution in [0.15, 0.2) is 30.3 Å². The van der Waals surface area contributed by atoms with Crippen molar-refractivity contribution in [3.8, 4) is 0 Å². The van der Waals surface area contributed by atoms with Gasteiger partial charge in [0.15, 0.2) is 0 Å². The zero-order valence-corrected chi connectivity index (χ0v) is 12.0. The smallest absolute Gasteiger partial charge is 0.246 e. The molecule has 1 aromatic carbocycles. The van der Waals surface area contributed by atoms with E-state index >= 15 is 0 Å². The predicted molar refractivity (Wildman–Crippen MR) is 79.1 cm³/mol. The first-order chi connectivity index (χ1) is 9.06. The van der Waals surface area contributed by atoms with Gasteiger partial charge in [-0.05, 0) is 37.6 Å². The minimum Gasteiger partial charge on any atom is -0.334 e. The summed E-state index contributed by atoms with van der Waals surface area (Å²) in [5.41, 5.74) is 0.980. The van der Waals surface area contributed by atoms with Crippen molar-refractivity contribution in [2.24, 2.45) is 0 Å². The largest absolute Gasteiger partial charge is 0.334 e. The van der Waals surface area contributed by atoms with E-state index in [2.05, 4.69) is 19.2 Å². The second kappa shape index (κ2) is 6.22. The molecular weight excluding hydrogens is 260 g/mol. The molecule has 2 atom stereocenters. The van der Waals surface area contributed by atoms with Gasteiger partial charge in [-0.25, -0.2) is 0 Å². The highest BCUT2D eigenvalue weighted by molar-refractivity contribution is 6.30. The number of rotatable bonds is 2. The number of carbonyl (C=O) groups excluding carboxylic acids is 1. The van der Waals surface area contributed by atoms with Gasteiger partial charge in [0.05, 0.1) is 0 Å². The van der Waals surface area contributed by atoms with Crippen LogP contribution in [0.4, 0.5) is 0 Å². The Kier molecular flexibility index (Phi) is 4.61. The summed E-state index contributed by atoms with van der Waals surface area (Å²) in [4.78, 5) is 14.1. The zero-order chi connectivity index (χ0) is 13.8. The highest BCUT2D eigenvalue weighted by Crippen LogP contribution is 2.12. The van der Waals surface area contributed by atoms with Gasteiger partial charge in [0.25, 0.3) is 0 Å². The lowest BCUT2D eigenvalue weighted by molar-refractivity contribution is -0.129. The first kappa shape index (κ1) is 14.1. The summed E-state index contributed by atoms with van der Waals surface area (Å²) in [5.74, 6) is 0.0656. The third-order valence-corrected chi connectivity index (χ3v) is 3.59. The molecule has 1 aromatic rings. The van der Waals surface area contributed by atoms with Crippen molar-refractivity contribution in [3.05, 3.63) is 40.9 Å². The van der Waals surface area contributed by atoms with Crippen LogP contribution in [0, 0.1) is 0 Å². The molecule has 0 aromatic heterocycles. The molecule has 1 amide bonds. The molecule has 2 unspecified atom stereocenters. The van der Waals surface area contributed by atoms with Crippen LogP contribution in [0.3, 0.4) is 0 Å². The number of nitrogens with zero attached hydrogens (tertiary/aromatic N) is 1. The number of hydrogen-bond donors (Lipinski definition) is 1. The Morgan fingerprint density at radius 3 is 2.74 bits per heavy atom. The van der Waals surface area contributed by atoms with E-state index in [1.54, 1.807) is 6.08 Å². The molecule has 1 saturated heterocycles. The summed E-state index contributed by atoms with van der Waals surface area (Å²) in [5, 5.41) is 4.07. The first-order valence-corrected chi connectivity index (χ1v) is 6.91. The number of nitrogens with one attached hydrogen (secondary N) is 1. The lowest BCUT2D eigenvalue weighted by Gasteiger charge is -2.36. The Labute approximate surface area is 119 Å². The van der Waals surface area contributed by atoms with Crippen molar-refractivity contribution in [2.45, 2.75) is 25.9 Å². The number of hydrogen-bond acceptors (Lipinski definition) is 2. The molecule has 0 saturated carbocycles. The van der Waals surface area contributed by atoms with Gasteiger partial charge in [-0.3, -0.25) is 4.79 Å². The SMILES string of the molecule is CC1CN(C(=O)C=Cc2ccc(Cl)cc2)C(C)CN1. The number of halogens is 1. The molecule has 1 heterocycles. The number of carbonyl (C=O) groups is 1. The Morgan fingerprint density at radius 2 is 2.05 bits per heavy atom. The summed E-state index contributed by atoms with van der Waals surface area (Å²) in [7, 11) is 0. The van der Waals surface area contributed by atoms with E-state index in [1.165, 1.54) is 0 Å². The molecule has 2 rings (SSSR count). The van der Waals surface area contributed by atoms with E-state index in [1.807, 2.05) is 35.2 Å². The monoisotopic (exact) mass is 278 g/mol. The van der Waals surface area contributed by atoms with Gasteiger partial charge in [-0.15, -0.1) is 0 Å². The fraction of sp³-hybridized carbons (Fsp3) is 0.400. The molecular formula is C15H19ClN2O. The normalized spacial score (nSPS) is 23.8. The van der Waals surface area contributed by atoms with Crippen LogP contribution in [0.2, 0.25) is 5.02 Å². The van der Waals surface area contributed by atoms with Gasteiger partial charge in [0.1, 0.15) is 0 Å². The van der Waals surface area contributed by atoms with Crippen LogP contribution in [0.25, 0.3) is 6.08 Å².